The van der Waals surface area contributed by atoms with Crippen LogP contribution in [-0.2, 0) is 6.54 Å². The minimum Gasteiger partial charge on any atom is -0.338 e. The summed E-state index contributed by atoms with van der Waals surface area (Å²) in [7, 11) is 0. The van der Waals surface area contributed by atoms with Gasteiger partial charge in [0.2, 0.25) is 0 Å². The van der Waals surface area contributed by atoms with Gasteiger partial charge in [-0.1, -0.05) is 12.1 Å². The summed E-state index contributed by atoms with van der Waals surface area (Å²) in [6.07, 6.45) is 3.32. The molecule has 0 saturated carbocycles. The molecule has 1 amide bonds. The van der Waals surface area contributed by atoms with Crippen molar-refractivity contribution in [3.05, 3.63) is 65.7 Å². The summed E-state index contributed by atoms with van der Waals surface area (Å²) in [5.41, 5.74) is 1.72. The Kier molecular flexibility index (Phi) is 4.02. The molecule has 2 aliphatic rings. The van der Waals surface area contributed by atoms with Gasteiger partial charge in [-0.15, -0.1) is 0 Å². The highest BCUT2D eigenvalue weighted by Gasteiger charge is 2.41. The molecule has 3 heterocycles. The summed E-state index contributed by atoms with van der Waals surface area (Å²) in [6, 6.07) is 10.4. The zero-order valence-corrected chi connectivity index (χ0v) is 13.4. The second-order valence-corrected chi connectivity index (χ2v) is 6.79. The monoisotopic (exact) mass is 325 g/mol. The molecule has 2 aromatic rings. The third-order valence-corrected chi connectivity index (χ3v) is 5.07. The molecule has 4 nitrogen and oxygen atoms in total. The van der Waals surface area contributed by atoms with Crippen LogP contribution in [0.15, 0.2) is 48.8 Å². The molecule has 0 radical (unpaired) electrons. The molecule has 0 N–H and O–H groups in total. The number of aromatic nitrogens is 1. The third kappa shape index (κ3) is 3.04. The molecule has 4 rings (SSSR count). The summed E-state index contributed by atoms with van der Waals surface area (Å²) in [4.78, 5) is 20.8. The second kappa shape index (κ2) is 6.32. The predicted molar refractivity (Wildman–Crippen MR) is 88.8 cm³/mol. The molecule has 124 valence electrons. The number of carbonyl (C=O) groups excluding carboxylic acids is 1. The van der Waals surface area contributed by atoms with Gasteiger partial charge in [-0.25, -0.2) is 4.39 Å². The second-order valence-electron chi connectivity index (χ2n) is 6.79. The van der Waals surface area contributed by atoms with Gasteiger partial charge >= 0.3 is 0 Å². The average Bonchev–Trinajstić information content (AvgIpc) is 3.13. The van der Waals surface area contributed by atoms with E-state index in [4.69, 9.17) is 0 Å². The summed E-state index contributed by atoms with van der Waals surface area (Å²) in [5.74, 6) is 0.957. The van der Waals surface area contributed by atoms with E-state index in [2.05, 4.69) is 9.88 Å². The molecule has 2 atom stereocenters. The van der Waals surface area contributed by atoms with Gasteiger partial charge in [-0.05, 0) is 41.7 Å². The molecule has 1 aromatic heterocycles. The maximum atomic E-state index is 13.3. The molecule has 0 bridgehead atoms. The maximum Gasteiger partial charge on any atom is 0.253 e. The summed E-state index contributed by atoms with van der Waals surface area (Å²) < 4.78 is 13.3. The Hall–Kier alpha value is -2.27. The highest BCUT2D eigenvalue weighted by Crippen LogP contribution is 2.32. The van der Waals surface area contributed by atoms with Gasteiger partial charge in [0.1, 0.15) is 5.82 Å². The van der Waals surface area contributed by atoms with Crippen LogP contribution in [0, 0.1) is 17.7 Å². The van der Waals surface area contributed by atoms with Crippen LogP contribution in [0.5, 0.6) is 0 Å². The molecule has 2 unspecified atom stereocenters. The van der Waals surface area contributed by atoms with E-state index in [9.17, 15) is 9.18 Å². The first-order valence-corrected chi connectivity index (χ1v) is 8.35. The molecule has 5 heteroatoms. The number of hydrogen-bond acceptors (Lipinski definition) is 3. The van der Waals surface area contributed by atoms with E-state index in [1.807, 2.05) is 11.0 Å². The van der Waals surface area contributed by atoms with Gasteiger partial charge in [-0.3, -0.25) is 14.7 Å². The zero-order chi connectivity index (χ0) is 16.5. The van der Waals surface area contributed by atoms with Crippen molar-refractivity contribution in [2.75, 3.05) is 26.2 Å². The van der Waals surface area contributed by atoms with Gasteiger partial charge in [0, 0.05) is 50.7 Å². The number of benzene rings is 1. The topological polar surface area (TPSA) is 36.4 Å². The van der Waals surface area contributed by atoms with Crippen LogP contribution in [0.2, 0.25) is 0 Å². The van der Waals surface area contributed by atoms with Crippen molar-refractivity contribution in [1.29, 1.82) is 0 Å². The van der Waals surface area contributed by atoms with Gasteiger partial charge < -0.3 is 4.90 Å². The molecule has 24 heavy (non-hydrogen) atoms. The number of amides is 1. The summed E-state index contributed by atoms with van der Waals surface area (Å²) >= 11 is 0. The summed E-state index contributed by atoms with van der Waals surface area (Å²) in [6.45, 7) is 4.35. The van der Waals surface area contributed by atoms with Crippen molar-refractivity contribution in [2.24, 2.45) is 11.8 Å². The molecular formula is C19H20FN3O. The SMILES string of the molecule is O=C(c1ccncc1)N1CC2CN(Cc3cccc(F)c3)CC2C1. The predicted octanol–water partition coefficient (Wildman–Crippen LogP) is 2.42. The van der Waals surface area contributed by atoms with Gasteiger partial charge in [0.15, 0.2) is 0 Å². The lowest BCUT2D eigenvalue weighted by atomic mass is 10.0. The standard InChI is InChI=1S/C19H20FN3O/c20-18-3-1-2-14(8-18)9-22-10-16-12-23(13-17(16)11-22)19(24)15-4-6-21-7-5-15/h1-8,16-17H,9-13H2. The van der Waals surface area contributed by atoms with E-state index in [0.717, 1.165) is 38.3 Å². The summed E-state index contributed by atoms with van der Waals surface area (Å²) in [5, 5.41) is 0. The van der Waals surface area contributed by atoms with E-state index >= 15 is 0 Å². The molecule has 1 aromatic carbocycles. The van der Waals surface area contributed by atoms with Crippen LogP contribution in [0.1, 0.15) is 15.9 Å². The van der Waals surface area contributed by atoms with E-state index < -0.39 is 0 Å². The van der Waals surface area contributed by atoms with E-state index in [-0.39, 0.29) is 11.7 Å². The van der Waals surface area contributed by atoms with Gasteiger partial charge in [0.05, 0.1) is 0 Å². The maximum absolute atomic E-state index is 13.3. The number of likely N-dealkylation sites (tertiary alicyclic amines) is 2. The third-order valence-electron chi connectivity index (χ3n) is 5.07. The first-order valence-electron chi connectivity index (χ1n) is 8.35. The van der Waals surface area contributed by atoms with Crippen molar-refractivity contribution in [1.82, 2.24) is 14.8 Å². The highest BCUT2D eigenvalue weighted by molar-refractivity contribution is 5.94. The van der Waals surface area contributed by atoms with Gasteiger partial charge in [-0.2, -0.15) is 0 Å². The van der Waals surface area contributed by atoms with Crippen LogP contribution in [0.3, 0.4) is 0 Å². The molecule has 2 fully saturated rings. The van der Waals surface area contributed by atoms with Crippen LogP contribution < -0.4 is 0 Å². The Bertz CT molecular complexity index is 722. The normalized spacial score (nSPS) is 23.5. The van der Waals surface area contributed by atoms with Crippen LogP contribution >= 0.6 is 0 Å². The minimum absolute atomic E-state index is 0.100. The number of hydrogen-bond donors (Lipinski definition) is 0. The fourth-order valence-electron chi connectivity index (χ4n) is 3.96. The highest BCUT2D eigenvalue weighted by atomic mass is 19.1. The Morgan fingerprint density at radius 2 is 1.79 bits per heavy atom. The fraction of sp³-hybridized carbons (Fsp3) is 0.368. The van der Waals surface area contributed by atoms with Gasteiger partial charge in [0.25, 0.3) is 5.91 Å². The average molecular weight is 325 g/mol. The van der Waals surface area contributed by atoms with Crippen molar-refractivity contribution in [3.63, 3.8) is 0 Å². The van der Waals surface area contributed by atoms with E-state index in [1.54, 1.807) is 36.7 Å². The van der Waals surface area contributed by atoms with Crippen molar-refractivity contribution >= 4 is 5.91 Å². The lowest BCUT2D eigenvalue weighted by molar-refractivity contribution is 0.0773. The first kappa shape index (κ1) is 15.3. The number of nitrogens with zero attached hydrogens (tertiary/aromatic N) is 3. The molecule has 2 saturated heterocycles. The minimum atomic E-state index is -0.180. The number of carbonyl (C=O) groups is 1. The molecule has 2 aliphatic heterocycles. The smallest absolute Gasteiger partial charge is 0.253 e. The number of rotatable bonds is 3. The van der Waals surface area contributed by atoms with E-state index in [0.29, 0.717) is 17.4 Å². The number of fused-ring (bicyclic) bond motifs is 1. The van der Waals surface area contributed by atoms with E-state index in [1.165, 1.54) is 6.07 Å². The Balaban J connectivity index is 1.36. The lowest BCUT2D eigenvalue weighted by Crippen LogP contribution is -2.33. The van der Waals surface area contributed by atoms with Crippen molar-refractivity contribution < 1.29 is 9.18 Å². The quantitative estimate of drug-likeness (QED) is 0.870. The first-order chi connectivity index (χ1) is 11.7. The van der Waals surface area contributed by atoms with Crippen molar-refractivity contribution in [2.45, 2.75) is 6.54 Å². The molecular weight excluding hydrogens is 305 g/mol. The zero-order valence-electron chi connectivity index (χ0n) is 13.4. The van der Waals surface area contributed by atoms with Crippen LogP contribution in [-0.4, -0.2) is 46.9 Å². The molecule has 0 spiro atoms. The lowest BCUT2D eigenvalue weighted by Gasteiger charge is -2.21. The van der Waals surface area contributed by atoms with Crippen molar-refractivity contribution in [3.8, 4) is 0 Å². The Morgan fingerprint density at radius 3 is 2.46 bits per heavy atom. The van der Waals surface area contributed by atoms with Crippen LogP contribution in [0.4, 0.5) is 4.39 Å². The largest absolute Gasteiger partial charge is 0.338 e. The molecule has 0 aliphatic carbocycles. The Morgan fingerprint density at radius 1 is 1.08 bits per heavy atom. The number of pyridine rings is 1. The number of halogens is 1. The fourth-order valence-corrected chi connectivity index (χ4v) is 3.96. The van der Waals surface area contributed by atoms with Crippen LogP contribution in [0.25, 0.3) is 0 Å². The Labute approximate surface area is 140 Å².